The lowest BCUT2D eigenvalue weighted by atomic mass is 9.64. The van der Waals surface area contributed by atoms with E-state index in [0.717, 1.165) is 11.1 Å². The van der Waals surface area contributed by atoms with Gasteiger partial charge in [0, 0.05) is 16.4 Å². The van der Waals surface area contributed by atoms with E-state index < -0.39 is 0 Å². The Balaban J connectivity index is 3.42. The summed E-state index contributed by atoms with van der Waals surface area (Å²) in [5.74, 6) is -0.209. The fourth-order valence-corrected chi connectivity index (χ4v) is 2.40. The molecule has 1 aliphatic carbocycles. The summed E-state index contributed by atoms with van der Waals surface area (Å²) < 4.78 is 4.90. The Morgan fingerprint density at radius 3 is 2.12 bits per heavy atom. The molecule has 0 saturated heterocycles. The van der Waals surface area contributed by atoms with Gasteiger partial charge in [0.05, 0.1) is 7.11 Å². The molecule has 0 aliphatic heterocycles. The zero-order chi connectivity index (χ0) is 12.7. The summed E-state index contributed by atoms with van der Waals surface area (Å²) in [5.41, 5.74) is 2.92. The number of esters is 1. The second kappa shape index (κ2) is 3.76. The highest BCUT2D eigenvalue weighted by Gasteiger charge is 2.39. The standard InChI is InChI=1S/C14H22O2/c1-9-8-13(3,4)11(12(15)16-7)10(2)14(9,5)6/h8H,1-7H3. The average Bonchev–Trinajstić information content (AvgIpc) is 2.14. The Bertz CT molecular complexity index is 382. The summed E-state index contributed by atoms with van der Waals surface area (Å²) in [6, 6.07) is 0. The van der Waals surface area contributed by atoms with E-state index >= 15 is 0 Å². The summed E-state index contributed by atoms with van der Waals surface area (Å²) in [6.07, 6.45) is 2.17. The molecular weight excluding hydrogens is 200 g/mol. The Morgan fingerprint density at radius 2 is 1.69 bits per heavy atom. The Hall–Kier alpha value is -1.05. The number of hydrogen-bond donors (Lipinski definition) is 0. The summed E-state index contributed by atoms with van der Waals surface area (Å²) in [6.45, 7) is 12.6. The molecule has 0 amide bonds. The maximum atomic E-state index is 11.9. The van der Waals surface area contributed by atoms with Crippen LogP contribution in [-0.4, -0.2) is 13.1 Å². The van der Waals surface area contributed by atoms with Crippen LogP contribution in [0.3, 0.4) is 0 Å². The molecule has 2 nitrogen and oxygen atoms in total. The van der Waals surface area contributed by atoms with Crippen LogP contribution in [-0.2, 0) is 9.53 Å². The third-order valence-corrected chi connectivity index (χ3v) is 3.91. The molecule has 0 heterocycles. The molecule has 0 aromatic carbocycles. The minimum atomic E-state index is -0.239. The van der Waals surface area contributed by atoms with Crippen LogP contribution in [0.2, 0.25) is 0 Å². The first-order valence-corrected chi connectivity index (χ1v) is 5.64. The first kappa shape index (κ1) is 13.0. The van der Waals surface area contributed by atoms with E-state index in [4.69, 9.17) is 4.74 Å². The quantitative estimate of drug-likeness (QED) is 0.501. The molecule has 16 heavy (non-hydrogen) atoms. The molecule has 2 heteroatoms. The molecule has 0 unspecified atom stereocenters. The van der Waals surface area contributed by atoms with Gasteiger partial charge in [-0.15, -0.1) is 0 Å². The molecule has 0 aromatic rings. The highest BCUT2D eigenvalue weighted by atomic mass is 16.5. The van der Waals surface area contributed by atoms with Crippen LogP contribution in [0.15, 0.2) is 22.8 Å². The zero-order valence-corrected chi connectivity index (χ0v) is 11.4. The fourth-order valence-electron chi connectivity index (χ4n) is 2.40. The van der Waals surface area contributed by atoms with Crippen molar-refractivity contribution in [1.29, 1.82) is 0 Å². The predicted octanol–water partition coefficient (Wildman–Crippen LogP) is 3.49. The number of carbonyl (C=O) groups excluding carboxylic acids is 1. The van der Waals surface area contributed by atoms with E-state index in [1.54, 1.807) is 0 Å². The van der Waals surface area contributed by atoms with Gasteiger partial charge in [-0.3, -0.25) is 0 Å². The van der Waals surface area contributed by atoms with Gasteiger partial charge in [-0.2, -0.15) is 0 Å². The van der Waals surface area contributed by atoms with E-state index in [9.17, 15) is 4.79 Å². The van der Waals surface area contributed by atoms with Crippen molar-refractivity contribution in [3.8, 4) is 0 Å². The van der Waals surface area contributed by atoms with Crippen molar-refractivity contribution in [1.82, 2.24) is 0 Å². The zero-order valence-electron chi connectivity index (χ0n) is 11.4. The molecule has 0 bridgehead atoms. The monoisotopic (exact) mass is 222 g/mol. The van der Waals surface area contributed by atoms with Crippen molar-refractivity contribution in [2.45, 2.75) is 41.5 Å². The van der Waals surface area contributed by atoms with E-state index in [1.165, 1.54) is 12.7 Å². The van der Waals surface area contributed by atoms with Crippen molar-refractivity contribution in [3.63, 3.8) is 0 Å². The van der Waals surface area contributed by atoms with Gasteiger partial charge in [0.25, 0.3) is 0 Å². The maximum absolute atomic E-state index is 11.9. The second-order valence-corrected chi connectivity index (χ2v) is 5.67. The third-order valence-electron chi connectivity index (χ3n) is 3.91. The summed E-state index contributed by atoms with van der Waals surface area (Å²) in [5, 5.41) is 0. The highest BCUT2D eigenvalue weighted by Crippen LogP contribution is 2.47. The van der Waals surface area contributed by atoms with Gasteiger partial charge in [0.2, 0.25) is 0 Å². The maximum Gasteiger partial charge on any atom is 0.334 e. The van der Waals surface area contributed by atoms with Crippen LogP contribution in [0.4, 0.5) is 0 Å². The van der Waals surface area contributed by atoms with Crippen LogP contribution in [0, 0.1) is 10.8 Å². The Labute approximate surface area is 98.4 Å². The molecule has 0 aromatic heterocycles. The normalized spacial score (nSPS) is 22.8. The van der Waals surface area contributed by atoms with Crippen molar-refractivity contribution >= 4 is 5.97 Å². The smallest absolute Gasteiger partial charge is 0.334 e. The van der Waals surface area contributed by atoms with Crippen LogP contribution in [0.5, 0.6) is 0 Å². The largest absolute Gasteiger partial charge is 0.466 e. The summed E-state index contributed by atoms with van der Waals surface area (Å²) >= 11 is 0. The molecule has 1 aliphatic rings. The molecule has 0 N–H and O–H groups in total. The van der Waals surface area contributed by atoms with Gasteiger partial charge in [0.1, 0.15) is 0 Å². The van der Waals surface area contributed by atoms with E-state index in [-0.39, 0.29) is 16.8 Å². The highest BCUT2D eigenvalue weighted by molar-refractivity contribution is 5.92. The third kappa shape index (κ3) is 1.81. The van der Waals surface area contributed by atoms with Crippen LogP contribution in [0.25, 0.3) is 0 Å². The molecule has 1 rings (SSSR count). The second-order valence-electron chi connectivity index (χ2n) is 5.67. The number of hydrogen-bond acceptors (Lipinski definition) is 2. The number of ether oxygens (including phenoxy) is 1. The first-order chi connectivity index (χ1) is 7.14. The van der Waals surface area contributed by atoms with Crippen molar-refractivity contribution in [2.75, 3.05) is 7.11 Å². The predicted molar refractivity (Wildman–Crippen MR) is 66.0 cm³/mol. The van der Waals surface area contributed by atoms with Gasteiger partial charge >= 0.3 is 5.97 Å². The lowest BCUT2D eigenvalue weighted by Gasteiger charge is -2.39. The summed E-state index contributed by atoms with van der Waals surface area (Å²) in [4.78, 5) is 11.9. The molecule has 0 atom stereocenters. The van der Waals surface area contributed by atoms with Crippen molar-refractivity contribution in [3.05, 3.63) is 22.8 Å². The van der Waals surface area contributed by atoms with Gasteiger partial charge < -0.3 is 4.74 Å². The molecule has 0 radical (unpaired) electrons. The number of allylic oxidation sites excluding steroid dienone is 3. The minimum absolute atomic E-state index is 0.0565. The van der Waals surface area contributed by atoms with E-state index in [2.05, 4.69) is 40.7 Å². The van der Waals surface area contributed by atoms with Crippen LogP contribution in [0.1, 0.15) is 41.5 Å². The van der Waals surface area contributed by atoms with Gasteiger partial charge in [-0.05, 0) is 13.8 Å². The Kier molecular flexibility index (Phi) is 3.06. The van der Waals surface area contributed by atoms with Crippen molar-refractivity contribution < 1.29 is 9.53 Å². The number of rotatable bonds is 1. The number of methoxy groups -OCH3 is 1. The lowest BCUT2D eigenvalue weighted by Crippen LogP contribution is -2.32. The molecule has 0 saturated carbocycles. The van der Waals surface area contributed by atoms with Gasteiger partial charge in [0.15, 0.2) is 0 Å². The first-order valence-electron chi connectivity index (χ1n) is 5.64. The van der Waals surface area contributed by atoms with Crippen LogP contribution >= 0.6 is 0 Å². The molecular formula is C14H22O2. The van der Waals surface area contributed by atoms with Crippen LogP contribution < -0.4 is 0 Å². The lowest BCUT2D eigenvalue weighted by molar-refractivity contribution is -0.137. The molecule has 90 valence electrons. The molecule has 0 spiro atoms. The van der Waals surface area contributed by atoms with E-state index in [0.29, 0.717) is 0 Å². The fraction of sp³-hybridized carbons (Fsp3) is 0.643. The average molecular weight is 222 g/mol. The minimum Gasteiger partial charge on any atom is -0.466 e. The number of carbonyl (C=O) groups is 1. The van der Waals surface area contributed by atoms with Gasteiger partial charge in [-0.1, -0.05) is 44.9 Å². The SMILES string of the molecule is COC(=O)C1=C(C)C(C)(C)C(C)=CC1(C)C. The summed E-state index contributed by atoms with van der Waals surface area (Å²) in [7, 11) is 1.44. The molecule has 0 fully saturated rings. The topological polar surface area (TPSA) is 26.3 Å². The van der Waals surface area contributed by atoms with Gasteiger partial charge in [-0.25, -0.2) is 4.79 Å². The van der Waals surface area contributed by atoms with Crippen molar-refractivity contribution in [2.24, 2.45) is 10.8 Å². The Morgan fingerprint density at radius 1 is 1.19 bits per heavy atom. The van der Waals surface area contributed by atoms with E-state index in [1.807, 2.05) is 6.92 Å².